The second-order valence-electron chi connectivity index (χ2n) is 4.55. The predicted octanol–water partition coefficient (Wildman–Crippen LogP) is 1.65. The Kier molecular flexibility index (Phi) is 3.79. The van der Waals surface area contributed by atoms with E-state index in [4.69, 9.17) is 5.73 Å². The molecule has 1 aromatic heterocycles. The van der Waals surface area contributed by atoms with Crippen molar-refractivity contribution in [1.82, 2.24) is 9.88 Å². The largest absolute Gasteiger partial charge is 0.338 e. The van der Waals surface area contributed by atoms with Crippen LogP contribution >= 0.6 is 15.9 Å². The van der Waals surface area contributed by atoms with Crippen LogP contribution in [-0.2, 0) is 0 Å². The molecule has 2 heterocycles. The fraction of sp³-hybridized carbons (Fsp3) is 0.500. The zero-order valence-electron chi connectivity index (χ0n) is 9.77. The van der Waals surface area contributed by atoms with Crippen LogP contribution in [0, 0.1) is 5.92 Å². The van der Waals surface area contributed by atoms with E-state index in [9.17, 15) is 4.79 Å². The van der Waals surface area contributed by atoms with Crippen molar-refractivity contribution in [2.75, 3.05) is 13.1 Å². The molecule has 92 valence electrons. The van der Waals surface area contributed by atoms with E-state index in [1.807, 2.05) is 11.8 Å². The molecular weight excluding hydrogens is 282 g/mol. The molecule has 0 bridgehead atoms. The van der Waals surface area contributed by atoms with Crippen molar-refractivity contribution >= 4 is 21.8 Å². The van der Waals surface area contributed by atoms with Gasteiger partial charge in [0.05, 0.1) is 5.56 Å². The van der Waals surface area contributed by atoms with Crippen molar-refractivity contribution in [2.24, 2.45) is 11.7 Å². The lowest BCUT2D eigenvalue weighted by Crippen LogP contribution is -2.33. The molecular formula is C12H16BrN3O. The quantitative estimate of drug-likeness (QED) is 0.903. The summed E-state index contributed by atoms with van der Waals surface area (Å²) in [6.45, 7) is 3.54. The molecule has 0 spiro atoms. The molecule has 2 rings (SSSR count). The lowest BCUT2D eigenvalue weighted by Gasteiger charge is -2.18. The molecule has 2 atom stereocenters. The van der Waals surface area contributed by atoms with E-state index in [0.29, 0.717) is 11.5 Å². The lowest BCUT2D eigenvalue weighted by atomic mass is 10.0. The summed E-state index contributed by atoms with van der Waals surface area (Å²) in [5.41, 5.74) is 6.49. The molecule has 0 saturated carbocycles. The predicted molar refractivity (Wildman–Crippen MR) is 69.6 cm³/mol. The molecule has 1 amide bonds. The first-order chi connectivity index (χ1) is 8.08. The second-order valence-corrected chi connectivity index (χ2v) is 5.47. The number of halogens is 1. The average molecular weight is 298 g/mol. The minimum atomic E-state index is 0.0435. The van der Waals surface area contributed by atoms with E-state index in [-0.39, 0.29) is 11.9 Å². The number of aromatic nitrogens is 1. The Bertz CT molecular complexity index is 422. The summed E-state index contributed by atoms with van der Waals surface area (Å²) in [7, 11) is 0. The van der Waals surface area contributed by atoms with Crippen LogP contribution in [0.5, 0.6) is 0 Å². The maximum atomic E-state index is 12.2. The van der Waals surface area contributed by atoms with Gasteiger partial charge in [-0.1, -0.05) is 0 Å². The smallest absolute Gasteiger partial charge is 0.255 e. The van der Waals surface area contributed by atoms with Gasteiger partial charge in [-0.05, 0) is 41.3 Å². The number of nitrogens with two attached hydrogens (primary N) is 1. The SMILES string of the molecule is CC(N)C1CCN(C(=O)c2cncc(Br)c2)C1. The number of carbonyl (C=O) groups excluding carboxylic acids is 1. The van der Waals surface area contributed by atoms with Gasteiger partial charge in [0, 0.05) is 36.0 Å². The number of hydrogen-bond acceptors (Lipinski definition) is 3. The molecule has 0 radical (unpaired) electrons. The molecule has 2 unspecified atom stereocenters. The van der Waals surface area contributed by atoms with Gasteiger partial charge >= 0.3 is 0 Å². The number of nitrogens with zero attached hydrogens (tertiary/aromatic N) is 2. The van der Waals surface area contributed by atoms with Crippen molar-refractivity contribution in [1.29, 1.82) is 0 Å². The van der Waals surface area contributed by atoms with Crippen LogP contribution in [0.4, 0.5) is 0 Å². The van der Waals surface area contributed by atoms with E-state index in [2.05, 4.69) is 20.9 Å². The Morgan fingerprint density at radius 1 is 1.65 bits per heavy atom. The summed E-state index contributed by atoms with van der Waals surface area (Å²) >= 11 is 3.32. The zero-order valence-corrected chi connectivity index (χ0v) is 11.4. The number of pyridine rings is 1. The zero-order chi connectivity index (χ0) is 12.4. The minimum absolute atomic E-state index is 0.0435. The molecule has 17 heavy (non-hydrogen) atoms. The van der Waals surface area contributed by atoms with Gasteiger partial charge in [-0.2, -0.15) is 0 Å². The van der Waals surface area contributed by atoms with Gasteiger partial charge in [0.25, 0.3) is 5.91 Å². The van der Waals surface area contributed by atoms with Crippen molar-refractivity contribution in [3.63, 3.8) is 0 Å². The Hall–Kier alpha value is -0.940. The van der Waals surface area contributed by atoms with E-state index >= 15 is 0 Å². The number of carbonyl (C=O) groups is 1. The van der Waals surface area contributed by atoms with Gasteiger partial charge in [0.2, 0.25) is 0 Å². The van der Waals surface area contributed by atoms with Crippen molar-refractivity contribution in [3.05, 3.63) is 28.5 Å². The highest BCUT2D eigenvalue weighted by molar-refractivity contribution is 9.10. The standard InChI is InChI=1S/C12H16BrN3O/c1-8(14)9-2-3-16(7-9)12(17)10-4-11(13)6-15-5-10/h4-6,8-9H,2-3,7,14H2,1H3. The van der Waals surface area contributed by atoms with Crippen LogP contribution < -0.4 is 5.73 Å². The molecule has 1 aliphatic rings. The molecule has 0 aromatic carbocycles. The maximum Gasteiger partial charge on any atom is 0.255 e. The molecule has 2 N–H and O–H groups in total. The highest BCUT2D eigenvalue weighted by Gasteiger charge is 2.28. The average Bonchev–Trinajstić information content (AvgIpc) is 2.77. The van der Waals surface area contributed by atoms with Crippen LogP contribution in [0.3, 0.4) is 0 Å². The third-order valence-electron chi connectivity index (χ3n) is 3.21. The topological polar surface area (TPSA) is 59.2 Å². The lowest BCUT2D eigenvalue weighted by molar-refractivity contribution is 0.0785. The fourth-order valence-electron chi connectivity index (χ4n) is 2.11. The van der Waals surface area contributed by atoms with Crippen LogP contribution in [0.1, 0.15) is 23.7 Å². The molecule has 4 nitrogen and oxygen atoms in total. The third-order valence-corrected chi connectivity index (χ3v) is 3.64. The Labute approximate surface area is 109 Å². The van der Waals surface area contributed by atoms with Crippen LogP contribution in [0.2, 0.25) is 0 Å². The summed E-state index contributed by atoms with van der Waals surface area (Å²) in [5, 5.41) is 0. The van der Waals surface area contributed by atoms with E-state index in [1.54, 1.807) is 18.5 Å². The van der Waals surface area contributed by atoms with Crippen LogP contribution in [0.15, 0.2) is 22.9 Å². The van der Waals surface area contributed by atoms with Crippen LogP contribution in [-0.4, -0.2) is 34.9 Å². The summed E-state index contributed by atoms with van der Waals surface area (Å²) in [6, 6.07) is 1.95. The third kappa shape index (κ3) is 2.84. The molecule has 5 heteroatoms. The molecule has 0 aliphatic carbocycles. The van der Waals surface area contributed by atoms with E-state index < -0.39 is 0 Å². The minimum Gasteiger partial charge on any atom is -0.338 e. The van der Waals surface area contributed by atoms with Crippen molar-refractivity contribution in [3.8, 4) is 0 Å². The van der Waals surface area contributed by atoms with E-state index in [1.165, 1.54) is 0 Å². The first kappa shape index (κ1) is 12.5. The molecule has 1 aliphatic heterocycles. The van der Waals surface area contributed by atoms with Gasteiger partial charge in [0.1, 0.15) is 0 Å². The number of hydrogen-bond donors (Lipinski definition) is 1. The normalized spacial score (nSPS) is 21.6. The Balaban J connectivity index is 2.07. The number of amides is 1. The molecule has 1 saturated heterocycles. The number of likely N-dealkylation sites (tertiary alicyclic amines) is 1. The van der Waals surface area contributed by atoms with Crippen LogP contribution in [0.25, 0.3) is 0 Å². The molecule has 1 aromatic rings. The highest BCUT2D eigenvalue weighted by Crippen LogP contribution is 2.21. The Morgan fingerprint density at radius 3 is 3.00 bits per heavy atom. The van der Waals surface area contributed by atoms with Gasteiger partial charge in [-0.3, -0.25) is 9.78 Å². The first-order valence-corrected chi connectivity index (χ1v) is 6.52. The van der Waals surface area contributed by atoms with Gasteiger partial charge in [-0.15, -0.1) is 0 Å². The summed E-state index contributed by atoms with van der Waals surface area (Å²) < 4.78 is 0.825. The summed E-state index contributed by atoms with van der Waals surface area (Å²) in [5.74, 6) is 0.459. The fourth-order valence-corrected chi connectivity index (χ4v) is 2.48. The second kappa shape index (κ2) is 5.14. The summed E-state index contributed by atoms with van der Waals surface area (Å²) in [6.07, 6.45) is 4.27. The van der Waals surface area contributed by atoms with Gasteiger partial charge in [0.15, 0.2) is 0 Å². The first-order valence-electron chi connectivity index (χ1n) is 5.73. The maximum absolute atomic E-state index is 12.2. The van der Waals surface area contributed by atoms with Gasteiger partial charge < -0.3 is 10.6 Å². The molecule has 1 fully saturated rings. The number of rotatable bonds is 2. The van der Waals surface area contributed by atoms with Crippen molar-refractivity contribution in [2.45, 2.75) is 19.4 Å². The monoisotopic (exact) mass is 297 g/mol. The van der Waals surface area contributed by atoms with Gasteiger partial charge in [-0.25, -0.2) is 0 Å². The Morgan fingerprint density at radius 2 is 2.41 bits per heavy atom. The van der Waals surface area contributed by atoms with E-state index in [0.717, 1.165) is 24.0 Å². The highest BCUT2D eigenvalue weighted by atomic mass is 79.9. The summed E-state index contributed by atoms with van der Waals surface area (Å²) in [4.78, 5) is 18.1. The van der Waals surface area contributed by atoms with Crippen molar-refractivity contribution < 1.29 is 4.79 Å².